The van der Waals surface area contributed by atoms with E-state index in [4.69, 9.17) is 27.9 Å². The molecular weight excluding hydrogens is 375 g/mol. The van der Waals surface area contributed by atoms with Gasteiger partial charge in [-0.2, -0.15) is 0 Å². The van der Waals surface area contributed by atoms with Crippen molar-refractivity contribution in [1.29, 1.82) is 0 Å². The Morgan fingerprint density at radius 3 is 2.38 bits per heavy atom. The Hall–Kier alpha value is -1.30. The van der Waals surface area contributed by atoms with Crippen molar-refractivity contribution in [2.45, 2.75) is 52.4 Å². The second-order valence-corrected chi connectivity index (χ2v) is 8.12. The average molecular weight is 401 g/mol. The minimum atomic E-state index is -0.605. The van der Waals surface area contributed by atoms with E-state index >= 15 is 0 Å². The van der Waals surface area contributed by atoms with Gasteiger partial charge in [-0.05, 0) is 44.4 Å². The van der Waals surface area contributed by atoms with Crippen LogP contribution in [-0.2, 0) is 9.53 Å². The van der Waals surface area contributed by atoms with Crippen molar-refractivity contribution in [1.82, 2.24) is 10.2 Å². The van der Waals surface area contributed by atoms with Gasteiger partial charge in [0.1, 0.15) is 6.04 Å². The third-order valence-corrected chi connectivity index (χ3v) is 4.77. The van der Waals surface area contributed by atoms with Crippen LogP contribution in [0.15, 0.2) is 18.2 Å². The van der Waals surface area contributed by atoms with Crippen molar-refractivity contribution < 1.29 is 14.3 Å². The molecule has 2 amide bonds. The Labute approximate surface area is 165 Å². The number of carbonyl (C=O) groups is 2. The van der Waals surface area contributed by atoms with Crippen LogP contribution in [-0.4, -0.2) is 48.1 Å². The highest BCUT2D eigenvalue weighted by Crippen LogP contribution is 2.22. The quantitative estimate of drug-likeness (QED) is 0.817. The zero-order valence-corrected chi connectivity index (χ0v) is 17.1. The molecule has 26 heavy (non-hydrogen) atoms. The lowest BCUT2D eigenvalue weighted by Gasteiger charge is -2.37. The van der Waals surface area contributed by atoms with Crippen molar-refractivity contribution >= 4 is 35.0 Å². The Balaban J connectivity index is 2.15. The second kappa shape index (κ2) is 9.07. The fourth-order valence-electron chi connectivity index (χ4n) is 3.18. The summed E-state index contributed by atoms with van der Waals surface area (Å²) in [6.45, 7) is 8.97. The van der Waals surface area contributed by atoms with Gasteiger partial charge in [-0.15, -0.1) is 0 Å². The molecular formula is C19H26Cl2N2O3. The van der Waals surface area contributed by atoms with Crippen LogP contribution in [0.1, 0.15) is 44.5 Å². The summed E-state index contributed by atoms with van der Waals surface area (Å²) in [5, 5.41) is 3.57. The fraction of sp³-hybridized carbons (Fsp3) is 0.579. The van der Waals surface area contributed by atoms with Gasteiger partial charge in [0.15, 0.2) is 0 Å². The van der Waals surface area contributed by atoms with E-state index in [2.05, 4.69) is 5.32 Å². The topological polar surface area (TPSA) is 58.6 Å². The summed E-state index contributed by atoms with van der Waals surface area (Å²) in [5.41, 5.74) is 0.307. The van der Waals surface area contributed by atoms with Gasteiger partial charge < -0.3 is 15.0 Å². The molecule has 1 heterocycles. The maximum Gasteiger partial charge on any atom is 0.253 e. The minimum Gasteiger partial charge on any atom is -0.372 e. The lowest BCUT2D eigenvalue weighted by Crippen LogP contribution is -2.55. The van der Waals surface area contributed by atoms with Crippen LogP contribution in [0.3, 0.4) is 0 Å². The lowest BCUT2D eigenvalue weighted by atomic mass is 10.0. The van der Waals surface area contributed by atoms with Gasteiger partial charge in [0, 0.05) is 18.1 Å². The molecule has 3 atom stereocenters. The number of hydrogen-bond acceptors (Lipinski definition) is 3. The Bertz CT molecular complexity index is 656. The summed E-state index contributed by atoms with van der Waals surface area (Å²) < 4.78 is 5.69. The maximum absolute atomic E-state index is 13.0. The van der Waals surface area contributed by atoms with Crippen molar-refractivity contribution in [3.8, 4) is 0 Å². The van der Waals surface area contributed by atoms with E-state index in [1.165, 1.54) is 6.07 Å². The molecule has 1 aromatic rings. The van der Waals surface area contributed by atoms with Gasteiger partial charge in [-0.25, -0.2) is 0 Å². The molecule has 1 aliphatic rings. The van der Waals surface area contributed by atoms with E-state index in [1.54, 1.807) is 17.0 Å². The van der Waals surface area contributed by atoms with Crippen LogP contribution in [0.4, 0.5) is 0 Å². The highest BCUT2D eigenvalue weighted by atomic mass is 35.5. The molecule has 0 saturated carbocycles. The Kier molecular flexibility index (Phi) is 7.33. The van der Waals surface area contributed by atoms with E-state index in [-0.39, 0.29) is 35.0 Å². The number of halogens is 2. The molecule has 1 N–H and O–H groups in total. The second-order valence-electron chi connectivity index (χ2n) is 7.28. The number of rotatable bonds is 5. The number of amides is 2. The van der Waals surface area contributed by atoms with Gasteiger partial charge in [0.25, 0.3) is 5.91 Å². The third-order valence-electron chi connectivity index (χ3n) is 4.22. The summed E-state index contributed by atoms with van der Waals surface area (Å²) in [7, 11) is 0. The molecule has 1 aromatic carbocycles. The molecule has 0 aromatic heterocycles. The van der Waals surface area contributed by atoms with Gasteiger partial charge >= 0.3 is 0 Å². The zero-order chi connectivity index (χ0) is 19.4. The smallest absolute Gasteiger partial charge is 0.253 e. The average Bonchev–Trinajstić information content (AvgIpc) is 2.52. The van der Waals surface area contributed by atoms with Crippen molar-refractivity contribution in [3.05, 3.63) is 33.8 Å². The number of nitrogens with one attached hydrogen (secondary N) is 1. The number of hydrogen-bond donors (Lipinski definition) is 1. The molecule has 0 radical (unpaired) electrons. The summed E-state index contributed by atoms with van der Waals surface area (Å²) in [5.74, 6) is -0.208. The predicted molar refractivity (Wildman–Crippen MR) is 104 cm³/mol. The van der Waals surface area contributed by atoms with Crippen LogP contribution >= 0.6 is 23.2 Å². The molecule has 1 saturated heterocycles. The van der Waals surface area contributed by atoms with E-state index in [9.17, 15) is 9.59 Å². The Morgan fingerprint density at radius 1 is 1.23 bits per heavy atom. The molecule has 0 unspecified atom stereocenters. The first kappa shape index (κ1) is 21.0. The van der Waals surface area contributed by atoms with Gasteiger partial charge in [0.2, 0.25) is 5.91 Å². The molecule has 0 aliphatic carbocycles. The van der Waals surface area contributed by atoms with Crippen molar-refractivity contribution in [2.75, 3.05) is 13.1 Å². The highest BCUT2D eigenvalue weighted by Gasteiger charge is 2.32. The number of carbonyl (C=O) groups excluding carboxylic acids is 2. The van der Waals surface area contributed by atoms with Crippen LogP contribution in [0.5, 0.6) is 0 Å². The first-order chi connectivity index (χ1) is 12.2. The number of nitrogens with zero attached hydrogens (tertiary/aromatic N) is 1. The molecule has 2 rings (SSSR count). The van der Waals surface area contributed by atoms with Crippen molar-refractivity contribution in [3.63, 3.8) is 0 Å². The van der Waals surface area contributed by atoms with Gasteiger partial charge in [-0.3, -0.25) is 9.59 Å². The molecule has 0 spiro atoms. The Morgan fingerprint density at radius 2 is 1.85 bits per heavy atom. The third kappa shape index (κ3) is 5.60. The van der Waals surface area contributed by atoms with Crippen molar-refractivity contribution in [2.24, 2.45) is 5.92 Å². The van der Waals surface area contributed by atoms with E-state index < -0.39 is 6.04 Å². The summed E-state index contributed by atoms with van der Waals surface area (Å²) in [6, 6.07) is 4.08. The number of benzene rings is 1. The number of morpholine rings is 1. The highest BCUT2D eigenvalue weighted by molar-refractivity contribution is 6.36. The molecule has 5 nitrogen and oxygen atoms in total. The molecule has 0 bridgehead atoms. The standard InChI is InChI=1S/C19H26Cl2N2O3/c1-11(2)7-17(19(25)23-9-12(3)26-13(4)10-23)22-18(24)15-6-5-14(20)8-16(15)21/h5-6,8,11-13,17H,7,9-10H2,1-4H3,(H,22,24)/t12-,13-,17+/m0/s1. The molecule has 7 heteroatoms. The normalized spacial score (nSPS) is 21.6. The summed E-state index contributed by atoms with van der Waals surface area (Å²) in [4.78, 5) is 27.5. The largest absolute Gasteiger partial charge is 0.372 e. The predicted octanol–water partition coefficient (Wildman–Crippen LogP) is 3.77. The molecule has 1 aliphatic heterocycles. The van der Waals surface area contributed by atoms with E-state index in [0.717, 1.165) is 0 Å². The van der Waals surface area contributed by atoms with Gasteiger partial charge in [-0.1, -0.05) is 37.0 Å². The SMILES string of the molecule is CC(C)C[C@@H](NC(=O)c1ccc(Cl)cc1Cl)C(=O)N1C[C@H](C)O[C@@H](C)C1. The molecule has 144 valence electrons. The fourth-order valence-corrected chi connectivity index (χ4v) is 3.68. The van der Waals surface area contributed by atoms with E-state index in [0.29, 0.717) is 30.1 Å². The maximum atomic E-state index is 13.0. The van der Waals surface area contributed by atoms with Crippen LogP contribution in [0, 0.1) is 5.92 Å². The summed E-state index contributed by atoms with van der Waals surface area (Å²) in [6.07, 6.45) is 0.503. The molecule has 1 fully saturated rings. The summed E-state index contributed by atoms with van der Waals surface area (Å²) >= 11 is 12.0. The van der Waals surface area contributed by atoms with E-state index in [1.807, 2.05) is 27.7 Å². The van der Waals surface area contributed by atoms with Gasteiger partial charge in [0.05, 0.1) is 22.8 Å². The van der Waals surface area contributed by atoms with Crippen LogP contribution in [0.2, 0.25) is 10.0 Å². The monoisotopic (exact) mass is 400 g/mol. The zero-order valence-electron chi connectivity index (χ0n) is 15.6. The first-order valence-corrected chi connectivity index (χ1v) is 9.63. The van der Waals surface area contributed by atoms with Crippen LogP contribution in [0.25, 0.3) is 0 Å². The minimum absolute atomic E-state index is 0.0242. The first-order valence-electron chi connectivity index (χ1n) is 8.87. The van der Waals surface area contributed by atoms with Crippen LogP contribution < -0.4 is 5.32 Å². The number of ether oxygens (including phenoxy) is 1. The lowest BCUT2D eigenvalue weighted by molar-refractivity contribution is -0.145.